The predicted molar refractivity (Wildman–Crippen MR) is 46.6 cm³/mol. The largest absolute Gasteiger partial charge is 0.395 e. The van der Waals surface area contributed by atoms with E-state index >= 15 is 0 Å². The molecule has 0 saturated carbocycles. The summed E-state index contributed by atoms with van der Waals surface area (Å²) in [7, 11) is 1.70. The van der Waals surface area contributed by atoms with Gasteiger partial charge in [-0.15, -0.1) is 0 Å². The topological polar surface area (TPSA) is 56.7 Å². The van der Waals surface area contributed by atoms with E-state index in [-0.39, 0.29) is 6.61 Å². The third kappa shape index (κ3) is 9.13. The zero-order chi connectivity index (χ0) is 8.36. The SMILES string of the molecule is CN=CN/C=C\CNCCO. The molecular formula is C7H15N3O. The molecule has 11 heavy (non-hydrogen) atoms. The summed E-state index contributed by atoms with van der Waals surface area (Å²) in [5.74, 6) is 0. The number of nitrogens with zero attached hydrogens (tertiary/aromatic N) is 1. The van der Waals surface area contributed by atoms with E-state index in [2.05, 4.69) is 15.6 Å². The van der Waals surface area contributed by atoms with Crippen LogP contribution >= 0.6 is 0 Å². The van der Waals surface area contributed by atoms with Crippen LogP contribution in [0.1, 0.15) is 0 Å². The molecule has 0 aliphatic rings. The van der Waals surface area contributed by atoms with Crippen LogP contribution in [0.4, 0.5) is 0 Å². The van der Waals surface area contributed by atoms with E-state index in [0.717, 1.165) is 6.54 Å². The molecule has 0 heterocycles. The minimum Gasteiger partial charge on any atom is -0.395 e. The highest BCUT2D eigenvalue weighted by molar-refractivity contribution is 5.55. The van der Waals surface area contributed by atoms with Gasteiger partial charge in [-0.1, -0.05) is 6.08 Å². The molecule has 0 aromatic rings. The van der Waals surface area contributed by atoms with Crippen molar-refractivity contribution >= 4 is 6.34 Å². The first-order valence-corrected chi connectivity index (χ1v) is 3.55. The van der Waals surface area contributed by atoms with Crippen LogP contribution in [0, 0.1) is 0 Å². The maximum Gasteiger partial charge on any atom is 0.0859 e. The fourth-order valence-corrected chi connectivity index (χ4v) is 0.509. The van der Waals surface area contributed by atoms with E-state index < -0.39 is 0 Å². The van der Waals surface area contributed by atoms with Crippen LogP contribution in [0.2, 0.25) is 0 Å². The van der Waals surface area contributed by atoms with Gasteiger partial charge in [-0.25, -0.2) is 0 Å². The van der Waals surface area contributed by atoms with Gasteiger partial charge in [0.2, 0.25) is 0 Å². The Kier molecular flexibility index (Phi) is 8.41. The summed E-state index contributed by atoms with van der Waals surface area (Å²) < 4.78 is 0. The van der Waals surface area contributed by atoms with Gasteiger partial charge in [-0.05, 0) is 6.20 Å². The van der Waals surface area contributed by atoms with Crippen LogP contribution in [0.15, 0.2) is 17.3 Å². The lowest BCUT2D eigenvalue weighted by Crippen LogP contribution is -2.18. The Hall–Kier alpha value is -0.870. The van der Waals surface area contributed by atoms with Gasteiger partial charge in [0.05, 0.1) is 12.9 Å². The Morgan fingerprint density at radius 2 is 2.36 bits per heavy atom. The molecule has 0 amide bonds. The highest BCUT2D eigenvalue weighted by Gasteiger charge is 1.77. The normalized spacial score (nSPS) is 11.5. The number of hydrogen-bond donors (Lipinski definition) is 3. The molecule has 4 nitrogen and oxygen atoms in total. The molecule has 0 saturated heterocycles. The molecule has 0 fully saturated rings. The minimum atomic E-state index is 0.178. The molecule has 0 aliphatic carbocycles. The molecule has 4 heteroatoms. The zero-order valence-electron chi connectivity index (χ0n) is 6.75. The van der Waals surface area contributed by atoms with Gasteiger partial charge in [-0.3, -0.25) is 4.99 Å². The van der Waals surface area contributed by atoms with Crippen molar-refractivity contribution in [3.05, 3.63) is 12.3 Å². The van der Waals surface area contributed by atoms with Gasteiger partial charge in [0, 0.05) is 20.1 Å². The Balaban J connectivity index is 3.03. The van der Waals surface area contributed by atoms with Crippen molar-refractivity contribution in [2.75, 3.05) is 26.7 Å². The van der Waals surface area contributed by atoms with Gasteiger partial charge < -0.3 is 15.7 Å². The van der Waals surface area contributed by atoms with Crippen molar-refractivity contribution in [1.29, 1.82) is 0 Å². The van der Waals surface area contributed by atoms with Crippen molar-refractivity contribution in [2.45, 2.75) is 0 Å². The van der Waals surface area contributed by atoms with E-state index in [1.54, 1.807) is 19.6 Å². The lowest BCUT2D eigenvalue weighted by atomic mass is 10.5. The number of hydrogen-bond acceptors (Lipinski definition) is 3. The predicted octanol–water partition coefficient (Wildman–Crippen LogP) is -0.670. The first-order valence-electron chi connectivity index (χ1n) is 3.55. The molecule has 64 valence electrons. The van der Waals surface area contributed by atoms with E-state index in [1.165, 1.54) is 0 Å². The zero-order valence-corrected chi connectivity index (χ0v) is 6.75. The number of aliphatic hydroxyl groups is 1. The van der Waals surface area contributed by atoms with Crippen LogP contribution in [-0.2, 0) is 0 Å². The molecule has 0 radical (unpaired) electrons. The highest BCUT2D eigenvalue weighted by atomic mass is 16.3. The number of rotatable bonds is 6. The number of aliphatic imine (C=N–C) groups is 1. The second-order valence-corrected chi connectivity index (χ2v) is 1.88. The van der Waals surface area contributed by atoms with Crippen molar-refractivity contribution in [1.82, 2.24) is 10.6 Å². The van der Waals surface area contributed by atoms with Gasteiger partial charge >= 0.3 is 0 Å². The highest BCUT2D eigenvalue weighted by Crippen LogP contribution is 1.64. The third-order valence-electron chi connectivity index (χ3n) is 0.968. The summed E-state index contributed by atoms with van der Waals surface area (Å²) in [6.07, 6.45) is 5.30. The fraction of sp³-hybridized carbons (Fsp3) is 0.571. The molecule has 3 N–H and O–H groups in total. The van der Waals surface area contributed by atoms with Crippen molar-refractivity contribution in [3.8, 4) is 0 Å². The summed E-state index contributed by atoms with van der Waals surface area (Å²) in [4.78, 5) is 3.72. The Bertz CT molecular complexity index is 123. The summed E-state index contributed by atoms with van der Waals surface area (Å²) in [6, 6.07) is 0. The summed E-state index contributed by atoms with van der Waals surface area (Å²) in [5, 5.41) is 14.2. The van der Waals surface area contributed by atoms with E-state index in [0.29, 0.717) is 6.54 Å². The van der Waals surface area contributed by atoms with Gasteiger partial charge in [0.25, 0.3) is 0 Å². The second-order valence-electron chi connectivity index (χ2n) is 1.88. The standard InChI is InChI=1S/C7H15N3O/c1-8-7-10-4-2-3-9-5-6-11/h2,4,7,9,11H,3,5-6H2,1H3,(H,8,10)/b4-2-. The second kappa shape index (κ2) is 9.13. The number of aliphatic hydroxyl groups excluding tert-OH is 1. The van der Waals surface area contributed by atoms with Gasteiger partial charge in [-0.2, -0.15) is 0 Å². The summed E-state index contributed by atoms with van der Waals surface area (Å²) in [5.41, 5.74) is 0. The van der Waals surface area contributed by atoms with Crippen molar-refractivity contribution in [2.24, 2.45) is 4.99 Å². The van der Waals surface area contributed by atoms with Crippen LogP contribution in [0.5, 0.6) is 0 Å². The molecule has 0 aliphatic heterocycles. The summed E-state index contributed by atoms with van der Waals surface area (Å²) in [6.45, 7) is 1.56. The average molecular weight is 157 g/mol. The molecule has 0 aromatic carbocycles. The molecular weight excluding hydrogens is 142 g/mol. The monoisotopic (exact) mass is 157 g/mol. The third-order valence-corrected chi connectivity index (χ3v) is 0.968. The summed E-state index contributed by atoms with van der Waals surface area (Å²) >= 11 is 0. The molecule has 0 unspecified atom stereocenters. The van der Waals surface area contributed by atoms with E-state index in [9.17, 15) is 0 Å². The molecule has 0 rings (SSSR count). The van der Waals surface area contributed by atoms with Crippen molar-refractivity contribution < 1.29 is 5.11 Å². The van der Waals surface area contributed by atoms with Crippen molar-refractivity contribution in [3.63, 3.8) is 0 Å². The first kappa shape index (κ1) is 10.1. The average Bonchev–Trinajstić information content (AvgIpc) is 2.03. The van der Waals surface area contributed by atoms with Crippen LogP contribution < -0.4 is 10.6 Å². The minimum absolute atomic E-state index is 0.178. The Morgan fingerprint density at radius 3 is 3.00 bits per heavy atom. The van der Waals surface area contributed by atoms with Crippen LogP contribution in [0.25, 0.3) is 0 Å². The molecule has 0 atom stereocenters. The first-order chi connectivity index (χ1) is 5.41. The molecule has 0 bridgehead atoms. The maximum absolute atomic E-state index is 8.38. The smallest absolute Gasteiger partial charge is 0.0859 e. The van der Waals surface area contributed by atoms with E-state index in [4.69, 9.17) is 5.11 Å². The fourth-order valence-electron chi connectivity index (χ4n) is 0.509. The van der Waals surface area contributed by atoms with Crippen LogP contribution in [0.3, 0.4) is 0 Å². The lowest BCUT2D eigenvalue weighted by Gasteiger charge is -1.95. The quantitative estimate of drug-likeness (QED) is 0.272. The van der Waals surface area contributed by atoms with E-state index in [1.807, 2.05) is 6.08 Å². The Morgan fingerprint density at radius 1 is 1.55 bits per heavy atom. The van der Waals surface area contributed by atoms with Gasteiger partial charge in [0.1, 0.15) is 0 Å². The van der Waals surface area contributed by atoms with Gasteiger partial charge in [0.15, 0.2) is 0 Å². The molecule has 0 spiro atoms. The van der Waals surface area contributed by atoms with Crippen LogP contribution in [-0.4, -0.2) is 38.2 Å². The number of nitrogens with one attached hydrogen (secondary N) is 2. The Labute approximate surface area is 67.0 Å². The molecule has 0 aromatic heterocycles. The maximum atomic E-state index is 8.38. The lowest BCUT2D eigenvalue weighted by molar-refractivity contribution is 0.294.